The lowest BCUT2D eigenvalue weighted by molar-refractivity contribution is 0.0900. The van der Waals surface area contributed by atoms with Gasteiger partial charge in [0.05, 0.1) is 6.61 Å². The van der Waals surface area contributed by atoms with E-state index in [1.54, 1.807) is 0 Å². The number of unbranched alkanes of at least 4 members (excludes halogenated alkanes) is 2. The Hall–Kier alpha value is -1.51. The van der Waals surface area contributed by atoms with E-state index < -0.39 is 6.16 Å². The van der Waals surface area contributed by atoms with Crippen molar-refractivity contribution in [1.82, 2.24) is 0 Å². The van der Waals surface area contributed by atoms with Crippen molar-refractivity contribution in [2.45, 2.75) is 39.0 Å². The van der Waals surface area contributed by atoms with Crippen LogP contribution in [-0.2, 0) is 17.6 Å². The monoisotopic (exact) mass is 236 g/mol. The third-order valence-electron chi connectivity index (χ3n) is 2.73. The second-order valence-corrected chi connectivity index (χ2v) is 4.10. The molecule has 0 saturated heterocycles. The standard InChI is InChI=1S/C14H20O3/c1-2-12-8-6-9-13(11-12)7-4-3-5-10-17-14(15)16/h6,8-9,11H,2-5,7,10H2,1H3,(H,15,16). The van der Waals surface area contributed by atoms with Crippen LogP contribution in [0.1, 0.15) is 37.3 Å². The Kier molecular flexibility index (Phi) is 6.15. The van der Waals surface area contributed by atoms with Gasteiger partial charge in [-0.15, -0.1) is 0 Å². The number of hydrogen-bond donors (Lipinski definition) is 1. The number of carboxylic acid groups (broad SMARTS) is 1. The van der Waals surface area contributed by atoms with Gasteiger partial charge in [-0.2, -0.15) is 0 Å². The van der Waals surface area contributed by atoms with Crippen molar-refractivity contribution in [1.29, 1.82) is 0 Å². The molecule has 0 aliphatic heterocycles. The van der Waals surface area contributed by atoms with Gasteiger partial charge in [-0.25, -0.2) is 4.79 Å². The summed E-state index contributed by atoms with van der Waals surface area (Å²) in [4.78, 5) is 10.1. The molecule has 0 aliphatic rings. The summed E-state index contributed by atoms with van der Waals surface area (Å²) in [7, 11) is 0. The summed E-state index contributed by atoms with van der Waals surface area (Å²) >= 11 is 0. The van der Waals surface area contributed by atoms with Gasteiger partial charge >= 0.3 is 6.16 Å². The maximum atomic E-state index is 10.1. The molecule has 0 saturated carbocycles. The normalized spacial score (nSPS) is 10.2. The molecule has 3 nitrogen and oxygen atoms in total. The molecule has 0 aliphatic carbocycles. The molecule has 1 rings (SSSR count). The topological polar surface area (TPSA) is 46.5 Å². The lowest BCUT2D eigenvalue weighted by Gasteiger charge is -2.04. The Labute approximate surface area is 102 Å². The van der Waals surface area contributed by atoms with E-state index in [0.29, 0.717) is 6.61 Å². The van der Waals surface area contributed by atoms with Crippen molar-refractivity contribution < 1.29 is 14.6 Å². The highest BCUT2D eigenvalue weighted by Gasteiger charge is 1.97. The largest absolute Gasteiger partial charge is 0.505 e. The fraction of sp³-hybridized carbons (Fsp3) is 0.500. The van der Waals surface area contributed by atoms with Gasteiger partial charge in [0.2, 0.25) is 0 Å². The van der Waals surface area contributed by atoms with Crippen molar-refractivity contribution in [2.75, 3.05) is 6.61 Å². The van der Waals surface area contributed by atoms with Gasteiger partial charge in [0.15, 0.2) is 0 Å². The number of ether oxygens (including phenoxy) is 1. The smallest absolute Gasteiger partial charge is 0.450 e. The van der Waals surface area contributed by atoms with E-state index in [-0.39, 0.29) is 0 Å². The Morgan fingerprint density at radius 3 is 2.71 bits per heavy atom. The first-order valence-corrected chi connectivity index (χ1v) is 6.16. The van der Waals surface area contributed by atoms with Gasteiger partial charge in [0, 0.05) is 0 Å². The minimum absolute atomic E-state index is 0.310. The van der Waals surface area contributed by atoms with E-state index >= 15 is 0 Å². The Morgan fingerprint density at radius 1 is 1.24 bits per heavy atom. The average Bonchev–Trinajstić information content (AvgIpc) is 2.33. The highest BCUT2D eigenvalue weighted by atomic mass is 16.7. The number of benzene rings is 1. The summed E-state index contributed by atoms with van der Waals surface area (Å²) in [6, 6.07) is 8.63. The first-order valence-electron chi connectivity index (χ1n) is 6.16. The summed E-state index contributed by atoms with van der Waals surface area (Å²) in [5.74, 6) is 0. The fourth-order valence-corrected chi connectivity index (χ4v) is 1.77. The minimum atomic E-state index is -1.18. The summed E-state index contributed by atoms with van der Waals surface area (Å²) in [6.45, 7) is 2.46. The molecule has 0 bridgehead atoms. The van der Waals surface area contributed by atoms with E-state index in [1.807, 2.05) is 0 Å². The predicted molar refractivity (Wildman–Crippen MR) is 67.4 cm³/mol. The second kappa shape index (κ2) is 7.71. The molecule has 0 heterocycles. The van der Waals surface area contributed by atoms with Crippen molar-refractivity contribution in [3.05, 3.63) is 35.4 Å². The first kappa shape index (κ1) is 13.6. The van der Waals surface area contributed by atoms with Crippen LogP contribution in [0.15, 0.2) is 24.3 Å². The number of carbonyl (C=O) groups is 1. The molecule has 1 aromatic rings. The zero-order valence-electron chi connectivity index (χ0n) is 10.3. The van der Waals surface area contributed by atoms with Crippen molar-refractivity contribution in [3.63, 3.8) is 0 Å². The van der Waals surface area contributed by atoms with Gasteiger partial charge < -0.3 is 9.84 Å². The molecule has 94 valence electrons. The maximum Gasteiger partial charge on any atom is 0.505 e. The van der Waals surface area contributed by atoms with Crippen LogP contribution in [0.2, 0.25) is 0 Å². The third kappa shape index (κ3) is 5.95. The molecular formula is C14H20O3. The Bertz CT molecular complexity index is 347. The Balaban J connectivity index is 2.15. The first-order chi connectivity index (χ1) is 8.22. The van der Waals surface area contributed by atoms with Gasteiger partial charge in [-0.05, 0) is 43.2 Å². The molecular weight excluding hydrogens is 216 g/mol. The quantitative estimate of drug-likeness (QED) is 0.580. The number of hydrogen-bond acceptors (Lipinski definition) is 2. The van der Waals surface area contributed by atoms with Crippen molar-refractivity contribution in [2.24, 2.45) is 0 Å². The minimum Gasteiger partial charge on any atom is -0.450 e. The molecule has 0 fully saturated rings. The Morgan fingerprint density at radius 2 is 2.00 bits per heavy atom. The highest BCUT2D eigenvalue weighted by molar-refractivity contribution is 5.56. The van der Waals surface area contributed by atoms with Gasteiger partial charge in [0.1, 0.15) is 0 Å². The fourth-order valence-electron chi connectivity index (χ4n) is 1.77. The van der Waals surface area contributed by atoms with Crippen LogP contribution in [-0.4, -0.2) is 17.9 Å². The summed E-state index contributed by atoms with van der Waals surface area (Å²) in [6.07, 6.45) is 3.83. The zero-order chi connectivity index (χ0) is 12.5. The van der Waals surface area contributed by atoms with Crippen molar-refractivity contribution >= 4 is 6.16 Å². The lowest BCUT2D eigenvalue weighted by atomic mass is 10.0. The van der Waals surface area contributed by atoms with Crippen LogP contribution in [0.4, 0.5) is 4.79 Å². The van der Waals surface area contributed by atoms with Gasteiger partial charge in [-0.1, -0.05) is 31.2 Å². The highest BCUT2D eigenvalue weighted by Crippen LogP contribution is 2.10. The second-order valence-electron chi connectivity index (χ2n) is 4.10. The summed E-state index contributed by atoms with van der Waals surface area (Å²) < 4.78 is 4.45. The zero-order valence-corrected chi connectivity index (χ0v) is 10.3. The molecule has 0 amide bonds. The summed E-state index contributed by atoms with van der Waals surface area (Å²) in [5, 5.41) is 8.28. The molecule has 0 radical (unpaired) electrons. The van der Waals surface area contributed by atoms with Gasteiger partial charge in [0.25, 0.3) is 0 Å². The van der Waals surface area contributed by atoms with E-state index in [0.717, 1.165) is 32.1 Å². The van der Waals surface area contributed by atoms with E-state index in [2.05, 4.69) is 35.9 Å². The number of rotatable bonds is 7. The lowest BCUT2D eigenvalue weighted by Crippen LogP contribution is -2.01. The van der Waals surface area contributed by atoms with Crippen LogP contribution in [0.5, 0.6) is 0 Å². The molecule has 3 heteroatoms. The molecule has 0 spiro atoms. The van der Waals surface area contributed by atoms with Crippen LogP contribution in [0.25, 0.3) is 0 Å². The molecule has 1 N–H and O–H groups in total. The molecule has 0 unspecified atom stereocenters. The summed E-state index contributed by atoms with van der Waals surface area (Å²) in [5.41, 5.74) is 2.74. The molecule has 0 aromatic heterocycles. The van der Waals surface area contributed by atoms with Crippen LogP contribution >= 0.6 is 0 Å². The van der Waals surface area contributed by atoms with E-state index in [9.17, 15) is 4.79 Å². The van der Waals surface area contributed by atoms with Gasteiger partial charge in [-0.3, -0.25) is 0 Å². The van der Waals surface area contributed by atoms with Crippen LogP contribution in [0.3, 0.4) is 0 Å². The van der Waals surface area contributed by atoms with E-state index in [4.69, 9.17) is 5.11 Å². The van der Waals surface area contributed by atoms with Crippen LogP contribution in [0, 0.1) is 0 Å². The molecule has 0 atom stereocenters. The third-order valence-corrected chi connectivity index (χ3v) is 2.73. The maximum absolute atomic E-state index is 10.1. The number of aryl methyl sites for hydroxylation is 2. The average molecular weight is 236 g/mol. The van der Waals surface area contributed by atoms with Crippen molar-refractivity contribution in [3.8, 4) is 0 Å². The molecule has 1 aromatic carbocycles. The molecule has 17 heavy (non-hydrogen) atoms. The van der Waals surface area contributed by atoms with Crippen LogP contribution < -0.4 is 0 Å². The predicted octanol–water partition coefficient (Wildman–Crippen LogP) is 3.66. The SMILES string of the molecule is CCc1cccc(CCCCCOC(=O)O)c1. The van der Waals surface area contributed by atoms with E-state index in [1.165, 1.54) is 11.1 Å².